The van der Waals surface area contributed by atoms with E-state index in [1.165, 1.54) is 0 Å². The van der Waals surface area contributed by atoms with Gasteiger partial charge in [0.2, 0.25) is 0 Å². The Kier molecular flexibility index (Phi) is 7.01. The van der Waals surface area contributed by atoms with Crippen LogP contribution in [-0.4, -0.2) is 17.3 Å². The molecular formula is C21H23Cl2F3N2O2. The van der Waals surface area contributed by atoms with Gasteiger partial charge in [-0.25, -0.2) is 4.79 Å². The number of amides is 2. The summed E-state index contributed by atoms with van der Waals surface area (Å²) in [6.07, 6.45) is -4.92. The second-order valence-corrected chi connectivity index (χ2v) is 8.95. The maximum Gasteiger partial charge on any atom is 0.421 e. The van der Waals surface area contributed by atoms with E-state index in [9.17, 15) is 23.1 Å². The monoisotopic (exact) mass is 462 g/mol. The third-order valence-corrected chi connectivity index (χ3v) is 5.26. The lowest BCUT2D eigenvalue weighted by Gasteiger charge is -2.27. The Bertz CT molecular complexity index is 898. The molecule has 164 valence electrons. The molecule has 9 heteroatoms. The molecule has 2 aromatic rings. The van der Waals surface area contributed by atoms with Gasteiger partial charge in [0.25, 0.3) is 0 Å². The lowest BCUT2D eigenvalue weighted by atomic mass is 9.87. The summed E-state index contributed by atoms with van der Waals surface area (Å²) < 4.78 is 39.1. The second kappa shape index (κ2) is 8.65. The molecule has 0 fully saturated rings. The number of halogens is 5. The Morgan fingerprint density at radius 3 is 1.90 bits per heavy atom. The van der Waals surface area contributed by atoms with Gasteiger partial charge < -0.3 is 15.7 Å². The van der Waals surface area contributed by atoms with Gasteiger partial charge >= 0.3 is 12.2 Å². The molecule has 0 saturated carbocycles. The highest BCUT2D eigenvalue weighted by atomic mass is 35.5. The quantitative estimate of drug-likeness (QED) is 0.493. The number of urea groups is 1. The summed E-state index contributed by atoms with van der Waals surface area (Å²) in [5.74, 6) is 0. The zero-order chi connectivity index (χ0) is 22.9. The smallest absolute Gasteiger partial charge is 0.376 e. The number of rotatable bonds is 4. The van der Waals surface area contributed by atoms with Gasteiger partial charge in [-0.2, -0.15) is 13.2 Å². The predicted octanol–water partition coefficient (Wildman–Crippen LogP) is 6.38. The predicted molar refractivity (Wildman–Crippen MR) is 113 cm³/mol. The van der Waals surface area contributed by atoms with Crippen LogP contribution < -0.4 is 10.6 Å². The van der Waals surface area contributed by atoms with Crippen LogP contribution in [0.2, 0.25) is 10.0 Å². The van der Waals surface area contributed by atoms with Crippen molar-refractivity contribution in [2.75, 3.05) is 5.32 Å². The highest BCUT2D eigenvalue weighted by Crippen LogP contribution is 2.42. The van der Waals surface area contributed by atoms with Crippen molar-refractivity contribution < 1.29 is 23.1 Å². The molecule has 0 radical (unpaired) electrons. The fraction of sp³-hybridized carbons (Fsp3) is 0.381. The molecule has 30 heavy (non-hydrogen) atoms. The van der Waals surface area contributed by atoms with Crippen molar-refractivity contribution in [2.24, 2.45) is 0 Å². The van der Waals surface area contributed by atoms with E-state index in [1.54, 1.807) is 0 Å². The van der Waals surface area contributed by atoms with E-state index in [4.69, 9.17) is 23.2 Å². The van der Waals surface area contributed by atoms with Crippen LogP contribution in [0.15, 0.2) is 36.4 Å². The summed E-state index contributed by atoms with van der Waals surface area (Å²) in [6.45, 7) is 7.12. The highest BCUT2D eigenvalue weighted by Gasteiger charge is 2.51. The minimum atomic E-state index is -4.92. The van der Waals surface area contributed by atoms with Crippen molar-refractivity contribution in [3.8, 4) is 0 Å². The number of nitrogens with one attached hydrogen (secondary N) is 2. The van der Waals surface area contributed by atoms with E-state index >= 15 is 0 Å². The maximum absolute atomic E-state index is 13.0. The minimum Gasteiger partial charge on any atom is -0.376 e. The number of benzene rings is 2. The first-order valence-corrected chi connectivity index (χ1v) is 9.81. The zero-order valence-corrected chi connectivity index (χ0v) is 18.4. The van der Waals surface area contributed by atoms with Crippen molar-refractivity contribution in [1.29, 1.82) is 0 Å². The molecule has 4 nitrogen and oxygen atoms in total. The lowest BCUT2D eigenvalue weighted by molar-refractivity contribution is -0.258. The molecule has 2 rings (SSSR count). The molecule has 2 aromatic carbocycles. The third kappa shape index (κ3) is 5.59. The van der Waals surface area contributed by atoms with Crippen molar-refractivity contribution in [1.82, 2.24) is 5.32 Å². The number of carbonyl (C=O) groups excluding carboxylic acids is 1. The molecule has 0 unspecified atom stereocenters. The van der Waals surface area contributed by atoms with Gasteiger partial charge in [-0.3, -0.25) is 0 Å². The number of hydrogen-bond donors (Lipinski definition) is 3. The van der Waals surface area contributed by atoms with Crippen LogP contribution in [0, 0.1) is 0 Å². The Morgan fingerprint density at radius 2 is 1.47 bits per heavy atom. The van der Waals surface area contributed by atoms with Gasteiger partial charge in [0.05, 0.1) is 15.7 Å². The van der Waals surface area contributed by atoms with Gasteiger partial charge in [0.15, 0.2) is 5.60 Å². The van der Waals surface area contributed by atoms with Crippen molar-refractivity contribution in [3.05, 3.63) is 63.1 Å². The van der Waals surface area contributed by atoms with Gasteiger partial charge in [0.1, 0.15) is 0 Å². The molecule has 0 aliphatic carbocycles. The number of aliphatic hydroxyl groups is 1. The van der Waals surface area contributed by atoms with Crippen molar-refractivity contribution >= 4 is 34.9 Å². The SMILES string of the molecule is CC(C)(C)c1ccc(CNC(=O)Nc2c(Cl)cc([C@@](C)(O)C(F)(F)F)cc2Cl)cc1. The van der Waals surface area contributed by atoms with E-state index < -0.39 is 23.4 Å². The fourth-order valence-electron chi connectivity index (χ4n) is 2.60. The van der Waals surface area contributed by atoms with Crippen LogP contribution in [0.5, 0.6) is 0 Å². The zero-order valence-electron chi connectivity index (χ0n) is 16.9. The number of anilines is 1. The molecule has 0 saturated heterocycles. The molecule has 1 atom stereocenters. The third-order valence-electron chi connectivity index (χ3n) is 4.67. The van der Waals surface area contributed by atoms with Crippen LogP contribution in [0.4, 0.5) is 23.7 Å². The van der Waals surface area contributed by atoms with Gasteiger partial charge in [0, 0.05) is 6.54 Å². The standard InChI is InChI=1S/C21H23Cl2F3N2O2/c1-19(2,3)13-7-5-12(6-8-13)11-27-18(29)28-17-15(22)9-14(10-16(17)23)20(4,30)21(24,25)26/h5-10,30H,11H2,1-4H3,(H2,27,28,29)/t20-/m1/s1. The molecule has 0 spiro atoms. The fourth-order valence-corrected chi connectivity index (χ4v) is 3.18. The van der Waals surface area contributed by atoms with Crippen LogP contribution >= 0.6 is 23.2 Å². The van der Waals surface area contributed by atoms with Crippen LogP contribution in [0.3, 0.4) is 0 Å². The van der Waals surface area contributed by atoms with E-state index in [1.807, 2.05) is 24.3 Å². The Labute approximate surface area is 183 Å². The second-order valence-electron chi connectivity index (χ2n) is 8.14. The lowest BCUT2D eigenvalue weighted by Crippen LogP contribution is -2.39. The van der Waals surface area contributed by atoms with E-state index in [0.717, 1.165) is 23.3 Å². The topological polar surface area (TPSA) is 61.4 Å². The molecule has 0 bridgehead atoms. The molecular weight excluding hydrogens is 440 g/mol. The summed E-state index contributed by atoms with van der Waals surface area (Å²) in [5, 5.41) is 14.4. The molecule has 0 aromatic heterocycles. The minimum absolute atomic E-state index is 0.0136. The van der Waals surface area contributed by atoms with E-state index in [-0.39, 0.29) is 27.7 Å². The van der Waals surface area contributed by atoms with E-state index in [2.05, 4.69) is 31.4 Å². The normalized spacial score (nSPS) is 14.2. The Balaban J connectivity index is 2.08. The summed E-state index contributed by atoms with van der Waals surface area (Å²) in [4.78, 5) is 12.2. The number of hydrogen-bond acceptors (Lipinski definition) is 2. The average molecular weight is 463 g/mol. The van der Waals surface area contributed by atoms with Crippen LogP contribution in [-0.2, 0) is 17.6 Å². The first-order valence-electron chi connectivity index (χ1n) is 9.06. The van der Waals surface area contributed by atoms with Gasteiger partial charge in [-0.05, 0) is 41.2 Å². The number of carbonyl (C=O) groups is 1. The summed E-state index contributed by atoms with van der Waals surface area (Å²) in [6, 6.07) is 8.96. The van der Waals surface area contributed by atoms with Crippen LogP contribution in [0.1, 0.15) is 44.4 Å². The summed E-state index contributed by atoms with van der Waals surface area (Å²) >= 11 is 12.0. The maximum atomic E-state index is 13.0. The molecule has 0 heterocycles. The molecule has 3 N–H and O–H groups in total. The Morgan fingerprint density at radius 1 is 0.967 bits per heavy atom. The molecule has 0 aliphatic heterocycles. The summed E-state index contributed by atoms with van der Waals surface area (Å²) in [7, 11) is 0. The largest absolute Gasteiger partial charge is 0.421 e. The number of alkyl halides is 3. The molecule has 0 aliphatic rings. The van der Waals surface area contributed by atoms with Crippen LogP contribution in [0.25, 0.3) is 0 Å². The first kappa shape index (κ1) is 24.3. The van der Waals surface area contributed by atoms with Crippen molar-refractivity contribution in [3.63, 3.8) is 0 Å². The Hall–Kier alpha value is -1.96. The average Bonchev–Trinajstić information content (AvgIpc) is 2.61. The van der Waals surface area contributed by atoms with E-state index in [0.29, 0.717) is 6.92 Å². The van der Waals surface area contributed by atoms with Gasteiger partial charge in [-0.15, -0.1) is 0 Å². The van der Waals surface area contributed by atoms with Crippen molar-refractivity contribution in [2.45, 2.75) is 51.4 Å². The first-order chi connectivity index (χ1) is 13.6. The van der Waals surface area contributed by atoms with Gasteiger partial charge in [-0.1, -0.05) is 68.2 Å². The molecule has 2 amide bonds. The highest BCUT2D eigenvalue weighted by molar-refractivity contribution is 6.39. The summed E-state index contributed by atoms with van der Waals surface area (Å²) in [5.41, 5.74) is -1.69.